The van der Waals surface area contributed by atoms with Crippen LogP contribution in [0.15, 0.2) is 0 Å². The maximum absolute atomic E-state index is 5.98. The summed E-state index contributed by atoms with van der Waals surface area (Å²) in [6, 6.07) is 0.564. The fourth-order valence-electron chi connectivity index (χ4n) is 2.12. The highest BCUT2D eigenvalue weighted by Crippen LogP contribution is 2.29. The van der Waals surface area contributed by atoms with E-state index < -0.39 is 0 Å². The molecule has 0 aromatic heterocycles. The number of nitrogens with one attached hydrogen (secondary N) is 1. The third-order valence-electron chi connectivity index (χ3n) is 3.47. The van der Waals surface area contributed by atoms with E-state index in [1.807, 2.05) is 0 Å². The number of hydrogen-bond acceptors (Lipinski definition) is 2. The van der Waals surface area contributed by atoms with E-state index in [0.717, 1.165) is 19.1 Å². The van der Waals surface area contributed by atoms with Crippen LogP contribution < -0.4 is 5.32 Å². The molecule has 1 atom stereocenters. The Bertz CT molecular complexity index is 166. The Morgan fingerprint density at radius 2 is 2.06 bits per heavy atom. The first-order valence-electron chi connectivity index (χ1n) is 7.07. The molecule has 1 aliphatic rings. The van der Waals surface area contributed by atoms with Crippen molar-refractivity contribution in [1.82, 2.24) is 5.32 Å². The molecular formula is C14H29NO. The molecule has 0 saturated heterocycles. The van der Waals surface area contributed by atoms with Crippen LogP contribution in [-0.4, -0.2) is 25.3 Å². The van der Waals surface area contributed by atoms with E-state index >= 15 is 0 Å². The fraction of sp³-hybridized carbons (Fsp3) is 1.00. The molecule has 0 aromatic rings. The molecule has 0 amide bonds. The van der Waals surface area contributed by atoms with Gasteiger partial charge in [-0.1, -0.05) is 46.5 Å². The predicted octanol–water partition coefficient (Wildman–Crippen LogP) is 3.36. The van der Waals surface area contributed by atoms with Crippen LogP contribution in [0.5, 0.6) is 0 Å². The molecule has 0 bridgehead atoms. The van der Waals surface area contributed by atoms with Crippen molar-refractivity contribution in [2.45, 2.75) is 71.4 Å². The van der Waals surface area contributed by atoms with Crippen LogP contribution in [-0.2, 0) is 4.74 Å². The van der Waals surface area contributed by atoms with E-state index in [2.05, 4.69) is 26.1 Å². The molecule has 2 heteroatoms. The van der Waals surface area contributed by atoms with Crippen LogP contribution in [0.25, 0.3) is 0 Å². The predicted molar refractivity (Wildman–Crippen MR) is 69.7 cm³/mol. The van der Waals surface area contributed by atoms with Crippen LogP contribution in [0.3, 0.4) is 0 Å². The van der Waals surface area contributed by atoms with Crippen LogP contribution in [0.1, 0.15) is 59.3 Å². The largest absolute Gasteiger partial charge is 0.377 e. The summed E-state index contributed by atoms with van der Waals surface area (Å²) in [5, 5.41) is 3.47. The van der Waals surface area contributed by atoms with Crippen molar-refractivity contribution in [3.63, 3.8) is 0 Å². The van der Waals surface area contributed by atoms with E-state index in [1.54, 1.807) is 0 Å². The highest BCUT2D eigenvalue weighted by Gasteiger charge is 2.17. The molecular weight excluding hydrogens is 198 g/mol. The van der Waals surface area contributed by atoms with Crippen molar-refractivity contribution >= 4 is 0 Å². The zero-order valence-corrected chi connectivity index (χ0v) is 11.3. The molecule has 1 rings (SSSR count). The number of hydrogen-bond donors (Lipinski definition) is 1. The Morgan fingerprint density at radius 3 is 2.56 bits per heavy atom. The normalized spacial score (nSPS) is 18.8. The molecule has 0 aromatic carbocycles. The van der Waals surface area contributed by atoms with Gasteiger partial charge in [0, 0.05) is 19.2 Å². The lowest BCUT2D eigenvalue weighted by molar-refractivity contribution is 0.0317. The summed E-state index contributed by atoms with van der Waals surface area (Å²) in [6.07, 6.45) is 8.42. The van der Waals surface area contributed by atoms with Gasteiger partial charge in [0.05, 0.1) is 6.10 Å². The van der Waals surface area contributed by atoms with Crippen LogP contribution in [0.4, 0.5) is 0 Å². The zero-order valence-electron chi connectivity index (χ0n) is 11.3. The molecule has 1 aliphatic carbocycles. The first kappa shape index (κ1) is 14.0. The average Bonchev–Trinajstić information content (AvgIpc) is 2.17. The standard InChI is InChI=1S/C14H29NO/c1-4-6-14(11-15-12(2)3)16-10-9-13-7-5-8-13/h12-15H,4-11H2,1-3H3. The van der Waals surface area contributed by atoms with E-state index in [4.69, 9.17) is 4.74 Å². The van der Waals surface area contributed by atoms with Gasteiger partial charge in [-0.2, -0.15) is 0 Å². The van der Waals surface area contributed by atoms with E-state index in [9.17, 15) is 0 Å². The molecule has 0 spiro atoms. The number of ether oxygens (including phenoxy) is 1. The van der Waals surface area contributed by atoms with Crippen LogP contribution in [0.2, 0.25) is 0 Å². The second-order valence-electron chi connectivity index (χ2n) is 5.43. The summed E-state index contributed by atoms with van der Waals surface area (Å²) >= 11 is 0. The van der Waals surface area contributed by atoms with Crippen LogP contribution >= 0.6 is 0 Å². The molecule has 1 unspecified atom stereocenters. The van der Waals surface area contributed by atoms with E-state index in [-0.39, 0.29) is 0 Å². The van der Waals surface area contributed by atoms with Gasteiger partial charge in [0.25, 0.3) is 0 Å². The lowest BCUT2D eigenvalue weighted by Gasteiger charge is -2.26. The Hall–Kier alpha value is -0.0800. The van der Waals surface area contributed by atoms with Gasteiger partial charge >= 0.3 is 0 Å². The summed E-state index contributed by atoms with van der Waals surface area (Å²) in [6.45, 7) is 8.59. The van der Waals surface area contributed by atoms with Gasteiger partial charge in [0.15, 0.2) is 0 Å². The molecule has 1 saturated carbocycles. The maximum Gasteiger partial charge on any atom is 0.0699 e. The average molecular weight is 227 g/mol. The monoisotopic (exact) mass is 227 g/mol. The third kappa shape index (κ3) is 5.86. The second-order valence-corrected chi connectivity index (χ2v) is 5.43. The topological polar surface area (TPSA) is 21.3 Å². The Morgan fingerprint density at radius 1 is 1.31 bits per heavy atom. The minimum atomic E-state index is 0.424. The van der Waals surface area contributed by atoms with Gasteiger partial charge in [0.1, 0.15) is 0 Å². The highest BCUT2D eigenvalue weighted by atomic mass is 16.5. The van der Waals surface area contributed by atoms with Gasteiger partial charge in [-0.15, -0.1) is 0 Å². The lowest BCUT2D eigenvalue weighted by atomic mass is 9.83. The van der Waals surface area contributed by atoms with Gasteiger partial charge in [-0.05, 0) is 18.8 Å². The van der Waals surface area contributed by atoms with Gasteiger partial charge in [-0.25, -0.2) is 0 Å². The van der Waals surface area contributed by atoms with Crippen molar-refractivity contribution in [1.29, 1.82) is 0 Å². The maximum atomic E-state index is 5.98. The fourth-order valence-corrected chi connectivity index (χ4v) is 2.12. The summed E-state index contributed by atoms with van der Waals surface area (Å²) in [5.41, 5.74) is 0. The summed E-state index contributed by atoms with van der Waals surface area (Å²) in [7, 11) is 0. The Balaban J connectivity index is 2.05. The quantitative estimate of drug-likeness (QED) is 0.652. The van der Waals surface area contributed by atoms with Crippen molar-refractivity contribution in [3.8, 4) is 0 Å². The summed E-state index contributed by atoms with van der Waals surface area (Å²) in [4.78, 5) is 0. The molecule has 96 valence electrons. The molecule has 0 heterocycles. The molecule has 0 aliphatic heterocycles. The molecule has 16 heavy (non-hydrogen) atoms. The Kier molecular flexibility index (Phi) is 7.06. The first-order valence-corrected chi connectivity index (χ1v) is 7.07. The van der Waals surface area contributed by atoms with Crippen molar-refractivity contribution < 1.29 is 4.74 Å². The summed E-state index contributed by atoms with van der Waals surface area (Å²) < 4.78 is 5.98. The summed E-state index contributed by atoms with van der Waals surface area (Å²) in [5.74, 6) is 0.973. The first-order chi connectivity index (χ1) is 7.72. The smallest absolute Gasteiger partial charge is 0.0699 e. The van der Waals surface area contributed by atoms with E-state index in [0.29, 0.717) is 12.1 Å². The zero-order chi connectivity index (χ0) is 11.8. The SMILES string of the molecule is CCCC(CNC(C)C)OCCC1CCC1. The van der Waals surface area contributed by atoms with Crippen molar-refractivity contribution in [2.75, 3.05) is 13.2 Å². The van der Waals surface area contributed by atoms with Gasteiger partial charge < -0.3 is 10.1 Å². The van der Waals surface area contributed by atoms with Gasteiger partial charge in [-0.3, -0.25) is 0 Å². The lowest BCUT2D eigenvalue weighted by Crippen LogP contribution is -2.34. The van der Waals surface area contributed by atoms with E-state index in [1.165, 1.54) is 38.5 Å². The minimum Gasteiger partial charge on any atom is -0.377 e. The second kappa shape index (κ2) is 8.08. The highest BCUT2D eigenvalue weighted by molar-refractivity contribution is 4.70. The molecule has 2 nitrogen and oxygen atoms in total. The van der Waals surface area contributed by atoms with Crippen LogP contribution in [0, 0.1) is 5.92 Å². The molecule has 1 N–H and O–H groups in total. The van der Waals surface area contributed by atoms with Crippen molar-refractivity contribution in [3.05, 3.63) is 0 Å². The van der Waals surface area contributed by atoms with Crippen molar-refractivity contribution in [2.24, 2.45) is 5.92 Å². The third-order valence-corrected chi connectivity index (χ3v) is 3.47. The number of rotatable bonds is 9. The minimum absolute atomic E-state index is 0.424. The van der Waals surface area contributed by atoms with Gasteiger partial charge in [0.2, 0.25) is 0 Å². The molecule has 0 radical (unpaired) electrons. The molecule has 1 fully saturated rings. The Labute approximate surface area is 101 Å².